The number of nitrogens with two attached hydrogens (primary N) is 1. The minimum Gasteiger partial charge on any atom is -0.415 e. The Hall–Kier alpha value is -0.133. The number of thioether (sulfide) groups is 2. The molecule has 0 fully saturated rings. The van der Waals surface area contributed by atoms with Crippen molar-refractivity contribution in [1.29, 1.82) is 0 Å². The van der Waals surface area contributed by atoms with Gasteiger partial charge in [-0.1, -0.05) is 44.2 Å². The predicted molar refractivity (Wildman–Crippen MR) is 150 cm³/mol. The number of hydrogen-bond acceptors (Lipinski definition) is 7. The van der Waals surface area contributed by atoms with Crippen molar-refractivity contribution in [3.63, 3.8) is 0 Å². The minimum atomic E-state index is -1.68. The van der Waals surface area contributed by atoms with Crippen LogP contribution in [-0.4, -0.2) is 72.7 Å². The van der Waals surface area contributed by atoms with Crippen molar-refractivity contribution in [2.75, 3.05) is 33.6 Å². The summed E-state index contributed by atoms with van der Waals surface area (Å²) in [6.07, 6.45) is 2.95. The number of thiocarbonyl (C=S) groups is 1. The summed E-state index contributed by atoms with van der Waals surface area (Å²) < 4.78 is 11.9. The molecule has 0 heterocycles. The summed E-state index contributed by atoms with van der Waals surface area (Å²) in [5.74, 6) is 0.118. The van der Waals surface area contributed by atoms with Crippen molar-refractivity contribution < 1.29 is 23.2 Å². The third kappa shape index (κ3) is 13.5. The number of quaternary nitrogens is 1. The number of hydrogen-bond donors (Lipinski definition) is 1. The Bertz CT molecular complexity index is 671. The van der Waals surface area contributed by atoms with Crippen LogP contribution in [-0.2, 0) is 18.8 Å². The van der Waals surface area contributed by atoms with E-state index in [9.17, 15) is 9.59 Å². The van der Waals surface area contributed by atoms with Gasteiger partial charge in [-0.3, -0.25) is 14.1 Å². The van der Waals surface area contributed by atoms with Gasteiger partial charge in [0.05, 0.1) is 21.1 Å². The van der Waals surface area contributed by atoms with E-state index in [4.69, 9.17) is 27.1 Å². The van der Waals surface area contributed by atoms with Gasteiger partial charge in [0.15, 0.2) is 8.32 Å². The number of ether oxygens (including phenoxy) is 1. The molecule has 0 rings (SSSR count). The highest BCUT2D eigenvalue weighted by atomic mass is 32.2. The van der Waals surface area contributed by atoms with Gasteiger partial charge in [0.1, 0.15) is 8.28 Å². The molecule has 2 atom stereocenters. The van der Waals surface area contributed by atoms with E-state index in [1.165, 1.54) is 11.8 Å². The molecule has 0 saturated carbocycles. The van der Waals surface area contributed by atoms with E-state index in [0.29, 0.717) is 14.4 Å². The Morgan fingerprint density at radius 2 is 1.76 bits per heavy atom. The van der Waals surface area contributed by atoms with Crippen LogP contribution in [0.3, 0.4) is 0 Å². The van der Waals surface area contributed by atoms with Gasteiger partial charge in [-0.05, 0) is 64.9 Å². The number of rotatable bonds is 15. The van der Waals surface area contributed by atoms with Crippen molar-refractivity contribution in [3.05, 3.63) is 0 Å². The van der Waals surface area contributed by atoms with Gasteiger partial charge in [0.2, 0.25) is 12.6 Å². The zero-order chi connectivity index (χ0) is 26.1. The molecule has 0 aromatic carbocycles. The maximum absolute atomic E-state index is 13.2. The Labute approximate surface area is 217 Å². The molecule has 0 radical (unpaired) electrons. The summed E-state index contributed by atoms with van der Waals surface area (Å²) >= 11 is 8.57. The molecular weight excluding hydrogens is 493 g/mol. The highest BCUT2D eigenvalue weighted by Crippen LogP contribution is 2.43. The number of nitrogens with zero attached hydrogens (tertiary/aromatic N) is 1. The summed E-state index contributed by atoms with van der Waals surface area (Å²) in [4.78, 5) is 25.5. The van der Waals surface area contributed by atoms with E-state index in [-0.39, 0.29) is 25.2 Å². The first-order valence-electron chi connectivity index (χ1n) is 11.7. The molecule has 0 bridgehead atoms. The standard InChI is InChI=1S/C23H46N2O4S3Si/c1-11-13-22(4,19(24)26)16-23(5,20(27)28-17-25(6,7)8)32-21(30)31-14-12-15-33(9,10)29-18(2)3/h18H,11-17H2,1-10H3,(H-,24,26)/p+1. The third-order valence-corrected chi connectivity index (χ3v) is 10.7. The molecule has 0 aromatic heterocycles. The van der Waals surface area contributed by atoms with Gasteiger partial charge in [0, 0.05) is 11.5 Å². The van der Waals surface area contributed by atoms with Crippen LogP contribution >= 0.6 is 35.7 Å². The van der Waals surface area contributed by atoms with Gasteiger partial charge in [0.25, 0.3) is 0 Å². The van der Waals surface area contributed by atoms with E-state index < -0.39 is 24.4 Å². The zero-order valence-electron chi connectivity index (χ0n) is 22.4. The molecule has 2 N–H and O–H groups in total. The quantitative estimate of drug-likeness (QED) is 0.0745. The largest absolute Gasteiger partial charge is 0.415 e. The second-order valence-electron chi connectivity index (χ2n) is 11.2. The molecule has 33 heavy (non-hydrogen) atoms. The van der Waals surface area contributed by atoms with Crippen LogP contribution in [0.1, 0.15) is 60.3 Å². The van der Waals surface area contributed by atoms with Crippen LogP contribution in [0.15, 0.2) is 0 Å². The summed E-state index contributed by atoms with van der Waals surface area (Å²) in [5.41, 5.74) is 4.95. The van der Waals surface area contributed by atoms with Crippen molar-refractivity contribution in [3.8, 4) is 0 Å². The summed E-state index contributed by atoms with van der Waals surface area (Å²) in [6, 6.07) is 1.06. The molecule has 0 aliphatic heterocycles. The molecule has 2 unspecified atom stereocenters. The summed E-state index contributed by atoms with van der Waals surface area (Å²) in [6.45, 7) is 14.5. The van der Waals surface area contributed by atoms with Crippen LogP contribution in [0.4, 0.5) is 0 Å². The van der Waals surface area contributed by atoms with Crippen LogP contribution in [0, 0.1) is 5.41 Å². The second-order valence-corrected chi connectivity index (χ2v) is 19.2. The lowest BCUT2D eigenvalue weighted by atomic mass is 9.77. The number of amides is 1. The smallest absolute Gasteiger partial charge is 0.326 e. The number of primary amides is 1. The van der Waals surface area contributed by atoms with Crippen LogP contribution in [0.2, 0.25) is 19.1 Å². The minimum absolute atomic E-state index is 0.242. The molecular formula is C23H47N2O4S3Si+. The van der Waals surface area contributed by atoms with E-state index in [2.05, 4.69) is 26.9 Å². The van der Waals surface area contributed by atoms with E-state index in [1.807, 2.05) is 41.9 Å². The Kier molecular flexibility index (Phi) is 13.8. The monoisotopic (exact) mass is 539 g/mol. The molecule has 0 saturated heterocycles. The fourth-order valence-electron chi connectivity index (χ4n) is 3.71. The average Bonchev–Trinajstić information content (AvgIpc) is 2.61. The molecule has 0 spiro atoms. The van der Waals surface area contributed by atoms with Crippen molar-refractivity contribution in [1.82, 2.24) is 0 Å². The molecule has 0 aromatic rings. The van der Waals surface area contributed by atoms with E-state index in [0.717, 1.165) is 24.6 Å². The second kappa shape index (κ2) is 13.8. The molecule has 1 amide bonds. The van der Waals surface area contributed by atoms with Crippen molar-refractivity contribution in [2.45, 2.75) is 90.3 Å². The van der Waals surface area contributed by atoms with Gasteiger partial charge in [-0.2, -0.15) is 0 Å². The third-order valence-electron chi connectivity index (χ3n) is 5.15. The summed E-state index contributed by atoms with van der Waals surface area (Å²) in [7, 11) is 4.19. The first-order chi connectivity index (χ1) is 14.9. The lowest BCUT2D eigenvalue weighted by Gasteiger charge is -2.36. The lowest BCUT2D eigenvalue weighted by Crippen LogP contribution is -2.47. The zero-order valence-corrected chi connectivity index (χ0v) is 25.9. The maximum Gasteiger partial charge on any atom is 0.326 e. The van der Waals surface area contributed by atoms with E-state index >= 15 is 0 Å². The first-order valence-corrected chi connectivity index (χ1v) is 17.0. The average molecular weight is 540 g/mol. The topological polar surface area (TPSA) is 78.6 Å². The fraction of sp³-hybridized carbons (Fsp3) is 0.870. The number of esters is 1. The first kappa shape index (κ1) is 32.9. The predicted octanol–water partition coefficient (Wildman–Crippen LogP) is 5.41. The molecule has 0 aliphatic rings. The molecule has 6 nitrogen and oxygen atoms in total. The van der Waals surface area contributed by atoms with Crippen LogP contribution in [0.25, 0.3) is 0 Å². The number of carbonyl (C=O) groups is 2. The Balaban J connectivity index is 5.31. The Morgan fingerprint density at radius 3 is 2.21 bits per heavy atom. The van der Waals surface area contributed by atoms with Gasteiger partial charge in [-0.15, -0.1) is 11.8 Å². The number of carbonyl (C=O) groups excluding carboxylic acids is 2. The van der Waals surface area contributed by atoms with Gasteiger partial charge < -0.3 is 14.9 Å². The Morgan fingerprint density at radius 1 is 1.18 bits per heavy atom. The SMILES string of the molecule is CCCC(C)(CC(C)(SC(=S)SCCC[Si](C)(C)OC(C)C)C(=O)OC[N+](C)(C)C)C(N)=O. The molecule has 194 valence electrons. The molecule has 10 heteroatoms. The van der Waals surface area contributed by atoms with Crippen molar-refractivity contribution >= 4 is 59.5 Å². The molecule has 0 aliphatic carbocycles. The fourth-order valence-corrected chi connectivity index (χ4v) is 9.59. The summed E-state index contributed by atoms with van der Waals surface area (Å²) in [5, 5.41) is 0. The maximum atomic E-state index is 13.2. The highest BCUT2D eigenvalue weighted by molar-refractivity contribution is 8.47. The van der Waals surface area contributed by atoms with Crippen LogP contribution in [0.5, 0.6) is 0 Å². The van der Waals surface area contributed by atoms with Gasteiger partial charge in [-0.25, -0.2) is 0 Å². The van der Waals surface area contributed by atoms with Crippen LogP contribution < -0.4 is 5.73 Å². The van der Waals surface area contributed by atoms with Crippen molar-refractivity contribution in [2.24, 2.45) is 11.1 Å². The highest BCUT2D eigenvalue weighted by Gasteiger charge is 2.46. The van der Waals surface area contributed by atoms with Gasteiger partial charge >= 0.3 is 5.97 Å². The van der Waals surface area contributed by atoms with E-state index in [1.54, 1.807) is 11.8 Å². The lowest BCUT2D eigenvalue weighted by molar-refractivity contribution is -0.888. The normalized spacial score (nSPS) is 16.2.